The van der Waals surface area contributed by atoms with Crippen molar-refractivity contribution < 1.29 is 19.5 Å². The molecule has 0 aliphatic heterocycles. The molecule has 0 fully saturated rings. The number of benzene rings is 1. The summed E-state index contributed by atoms with van der Waals surface area (Å²) in [6, 6.07) is 9.07. The zero-order chi connectivity index (χ0) is 22.7. The van der Waals surface area contributed by atoms with Crippen molar-refractivity contribution in [2.45, 2.75) is 58.6 Å². The van der Waals surface area contributed by atoms with E-state index in [9.17, 15) is 19.5 Å². The normalized spacial score (nSPS) is 15.3. The van der Waals surface area contributed by atoms with Crippen molar-refractivity contribution in [3.63, 3.8) is 0 Å². The molecule has 0 bridgehead atoms. The number of nitrogens with two attached hydrogens (primary N) is 2. The van der Waals surface area contributed by atoms with Gasteiger partial charge in [-0.1, -0.05) is 44.2 Å². The first-order chi connectivity index (χ1) is 14.2. The van der Waals surface area contributed by atoms with Crippen molar-refractivity contribution in [1.82, 2.24) is 5.32 Å². The van der Waals surface area contributed by atoms with Crippen molar-refractivity contribution in [2.24, 2.45) is 29.2 Å². The number of Topliss-reactive ketones (excluding diaryl/α,β-unsaturated/α-hetero) is 2. The molecule has 7 nitrogen and oxygen atoms in total. The first-order valence-corrected chi connectivity index (χ1v) is 10.7. The smallest absolute Gasteiger partial charge is 0.226 e. The standard InChI is InChI=1S/C23H37N3O4/c1-15(2)22(29)21(9-10-24)26-23(30)20(16(3)27)13-19(28)12-18(14-25)11-17-7-5-4-6-8-17/h4-8,15-16,18,20-21,27H,9-14,24-25H2,1-3H3,(H,26,30)/t16?,18?,20-,21-/m0/s1. The van der Waals surface area contributed by atoms with Gasteiger partial charge in [-0.2, -0.15) is 0 Å². The number of hydrogen-bond donors (Lipinski definition) is 4. The molecule has 30 heavy (non-hydrogen) atoms. The van der Waals surface area contributed by atoms with Gasteiger partial charge in [0, 0.05) is 18.8 Å². The number of aliphatic hydroxyl groups is 1. The highest BCUT2D eigenvalue weighted by Crippen LogP contribution is 2.18. The minimum Gasteiger partial charge on any atom is -0.393 e. The van der Waals surface area contributed by atoms with Crippen LogP contribution in [0.4, 0.5) is 0 Å². The van der Waals surface area contributed by atoms with Crippen LogP contribution < -0.4 is 16.8 Å². The first-order valence-electron chi connectivity index (χ1n) is 10.7. The minimum atomic E-state index is -1.02. The van der Waals surface area contributed by atoms with Crippen molar-refractivity contribution in [3.8, 4) is 0 Å². The summed E-state index contributed by atoms with van der Waals surface area (Å²) in [5, 5.41) is 12.8. The van der Waals surface area contributed by atoms with Gasteiger partial charge < -0.3 is 21.9 Å². The summed E-state index contributed by atoms with van der Waals surface area (Å²) in [4.78, 5) is 37.7. The number of rotatable bonds is 14. The van der Waals surface area contributed by atoms with E-state index in [4.69, 9.17) is 11.5 Å². The molecule has 0 heterocycles. The van der Waals surface area contributed by atoms with E-state index in [0.29, 0.717) is 19.4 Å². The van der Waals surface area contributed by atoms with Crippen LogP contribution in [-0.2, 0) is 20.8 Å². The largest absolute Gasteiger partial charge is 0.393 e. The highest BCUT2D eigenvalue weighted by atomic mass is 16.3. The number of aliphatic hydroxyl groups excluding tert-OH is 1. The molecule has 168 valence electrons. The minimum absolute atomic E-state index is 0.0369. The van der Waals surface area contributed by atoms with E-state index in [2.05, 4.69) is 5.32 Å². The second-order valence-corrected chi connectivity index (χ2v) is 8.28. The van der Waals surface area contributed by atoms with E-state index in [0.717, 1.165) is 5.56 Å². The molecule has 0 saturated carbocycles. The van der Waals surface area contributed by atoms with E-state index in [1.54, 1.807) is 13.8 Å². The summed E-state index contributed by atoms with van der Waals surface area (Å²) in [6.45, 7) is 5.60. The maximum absolute atomic E-state index is 12.7. The lowest BCUT2D eigenvalue weighted by atomic mass is 9.88. The van der Waals surface area contributed by atoms with Crippen LogP contribution in [0.1, 0.15) is 45.6 Å². The Bertz CT molecular complexity index is 676. The van der Waals surface area contributed by atoms with Crippen molar-refractivity contribution >= 4 is 17.5 Å². The summed E-state index contributed by atoms with van der Waals surface area (Å²) >= 11 is 0. The fourth-order valence-corrected chi connectivity index (χ4v) is 3.45. The van der Waals surface area contributed by atoms with Gasteiger partial charge in [-0.15, -0.1) is 0 Å². The maximum atomic E-state index is 12.7. The highest BCUT2D eigenvalue weighted by Gasteiger charge is 2.31. The number of hydrogen-bond acceptors (Lipinski definition) is 6. The van der Waals surface area contributed by atoms with Gasteiger partial charge >= 0.3 is 0 Å². The average Bonchev–Trinajstić information content (AvgIpc) is 2.70. The van der Waals surface area contributed by atoms with Crippen LogP contribution in [0, 0.1) is 17.8 Å². The monoisotopic (exact) mass is 419 g/mol. The summed E-state index contributed by atoms with van der Waals surface area (Å²) in [5.41, 5.74) is 12.5. The summed E-state index contributed by atoms with van der Waals surface area (Å²) < 4.78 is 0. The van der Waals surface area contributed by atoms with Crippen LogP contribution in [0.25, 0.3) is 0 Å². The molecule has 4 atom stereocenters. The third-order valence-electron chi connectivity index (χ3n) is 5.27. The molecule has 0 aliphatic carbocycles. The van der Waals surface area contributed by atoms with Crippen molar-refractivity contribution in [3.05, 3.63) is 35.9 Å². The Kier molecular flexibility index (Phi) is 11.5. The van der Waals surface area contributed by atoms with Gasteiger partial charge in [0.1, 0.15) is 5.78 Å². The van der Waals surface area contributed by atoms with Gasteiger partial charge in [-0.25, -0.2) is 0 Å². The average molecular weight is 420 g/mol. The van der Waals surface area contributed by atoms with E-state index in [1.165, 1.54) is 6.92 Å². The Hall–Kier alpha value is -2.09. The number of nitrogens with one attached hydrogen (secondary N) is 1. The van der Waals surface area contributed by atoms with Crippen LogP contribution >= 0.6 is 0 Å². The SMILES string of the molecule is CC(C)C(=O)[C@H](CCN)NC(=O)[C@@H](CC(=O)CC(CN)Cc1ccccc1)C(C)O. The molecule has 0 aliphatic rings. The van der Waals surface area contributed by atoms with Gasteiger partial charge in [0.15, 0.2) is 5.78 Å². The Morgan fingerprint density at radius 2 is 1.67 bits per heavy atom. The predicted molar refractivity (Wildman–Crippen MR) is 118 cm³/mol. The molecule has 0 spiro atoms. The molecule has 6 N–H and O–H groups in total. The lowest BCUT2D eigenvalue weighted by Crippen LogP contribution is -2.48. The lowest BCUT2D eigenvalue weighted by molar-refractivity contribution is -0.136. The number of ketones is 2. The molecule has 7 heteroatoms. The molecular weight excluding hydrogens is 382 g/mol. The first kappa shape index (κ1) is 25.9. The van der Waals surface area contributed by atoms with Crippen molar-refractivity contribution in [1.29, 1.82) is 0 Å². The zero-order valence-electron chi connectivity index (χ0n) is 18.3. The third-order valence-corrected chi connectivity index (χ3v) is 5.27. The van der Waals surface area contributed by atoms with Crippen LogP contribution in [0.5, 0.6) is 0 Å². The number of amides is 1. The second-order valence-electron chi connectivity index (χ2n) is 8.28. The Balaban J connectivity index is 2.75. The van der Waals surface area contributed by atoms with E-state index in [1.807, 2.05) is 30.3 Å². The number of carbonyl (C=O) groups is 3. The fraction of sp³-hybridized carbons (Fsp3) is 0.609. The summed E-state index contributed by atoms with van der Waals surface area (Å²) in [6.07, 6.45) is 0.108. The van der Waals surface area contributed by atoms with Gasteiger partial charge in [0.25, 0.3) is 0 Å². The summed E-state index contributed by atoms with van der Waals surface area (Å²) in [7, 11) is 0. The van der Waals surface area contributed by atoms with E-state index in [-0.39, 0.29) is 42.8 Å². The third kappa shape index (κ3) is 8.73. The molecule has 0 saturated heterocycles. The Morgan fingerprint density at radius 3 is 2.17 bits per heavy atom. The molecular formula is C23H37N3O4. The highest BCUT2D eigenvalue weighted by molar-refractivity contribution is 5.92. The number of carbonyl (C=O) groups excluding carboxylic acids is 3. The van der Waals surface area contributed by atoms with E-state index >= 15 is 0 Å². The quantitative estimate of drug-likeness (QED) is 0.358. The Morgan fingerprint density at radius 1 is 1.03 bits per heavy atom. The van der Waals surface area contributed by atoms with Gasteiger partial charge in [-0.05, 0) is 44.3 Å². The van der Waals surface area contributed by atoms with Gasteiger partial charge in [0.05, 0.1) is 18.1 Å². The molecule has 1 aromatic carbocycles. The fourth-order valence-electron chi connectivity index (χ4n) is 3.45. The van der Waals surface area contributed by atoms with Crippen LogP contribution in [0.2, 0.25) is 0 Å². The van der Waals surface area contributed by atoms with E-state index < -0.39 is 24.0 Å². The molecule has 1 aromatic rings. The topological polar surface area (TPSA) is 136 Å². The predicted octanol–water partition coefficient (Wildman–Crippen LogP) is 1.21. The summed E-state index contributed by atoms with van der Waals surface area (Å²) in [5.74, 6) is -1.96. The molecule has 2 unspecified atom stereocenters. The molecule has 1 amide bonds. The Labute approximate surface area is 179 Å². The van der Waals surface area contributed by atoms with Crippen LogP contribution in [0.3, 0.4) is 0 Å². The zero-order valence-corrected chi connectivity index (χ0v) is 18.3. The second kappa shape index (κ2) is 13.3. The molecule has 0 aromatic heterocycles. The van der Waals surface area contributed by atoms with Crippen LogP contribution in [-0.4, -0.2) is 47.8 Å². The maximum Gasteiger partial charge on any atom is 0.226 e. The lowest BCUT2D eigenvalue weighted by Gasteiger charge is -2.24. The molecule has 0 radical (unpaired) electrons. The van der Waals surface area contributed by atoms with Crippen molar-refractivity contribution in [2.75, 3.05) is 13.1 Å². The van der Waals surface area contributed by atoms with Gasteiger partial charge in [-0.3, -0.25) is 14.4 Å². The molecule has 1 rings (SSSR count). The van der Waals surface area contributed by atoms with Crippen LogP contribution in [0.15, 0.2) is 30.3 Å². The van der Waals surface area contributed by atoms with Gasteiger partial charge in [0.2, 0.25) is 5.91 Å².